The molecule has 0 aliphatic carbocycles. The van der Waals surface area contributed by atoms with Crippen LogP contribution in [0, 0.1) is 6.92 Å². The van der Waals surface area contributed by atoms with Gasteiger partial charge in [0.1, 0.15) is 0 Å². The maximum Gasteiger partial charge on any atom is 0.0901 e. The third-order valence-electron chi connectivity index (χ3n) is 1.86. The second-order valence-corrected chi connectivity index (χ2v) is 4.52. The summed E-state index contributed by atoms with van der Waals surface area (Å²) in [4.78, 5) is 4.39. The Bertz CT molecular complexity index is 302. The van der Waals surface area contributed by atoms with Crippen LogP contribution < -0.4 is 5.32 Å². The molecule has 14 heavy (non-hydrogen) atoms. The number of hydrogen-bond donors (Lipinski definition) is 1. The minimum Gasteiger partial charge on any atom is -0.313 e. The molecule has 2 nitrogen and oxygen atoms in total. The molecular formula is C11H18N2S. The van der Waals surface area contributed by atoms with E-state index in [0.717, 1.165) is 23.8 Å². The Labute approximate surface area is 90.1 Å². The van der Waals surface area contributed by atoms with Gasteiger partial charge in [0.25, 0.3) is 0 Å². The Morgan fingerprint density at radius 1 is 1.64 bits per heavy atom. The fourth-order valence-electron chi connectivity index (χ4n) is 1.21. The largest absolute Gasteiger partial charge is 0.313 e. The van der Waals surface area contributed by atoms with Crippen molar-refractivity contribution in [3.63, 3.8) is 0 Å². The van der Waals surface area contributed by atoms with Crippen molar-refractivity contribution in [2.75, 3.05) is 13.1 Å². The van der Waals surface area contributed by atoms with Crippen LogP contribution in [0.5, 0.6) is 0 Å². The van der Waals surface area contributed by atoms with Crippen LogP contribution in [0.15, 0.2) is 11.0 Å². The summed E-state index contributed by atoms with van der Waals surface area (Å²) in [7, 11) is 0. The first kappa shape index (κ1) is 11.4. The van der Waals surface area contributed by atoms with Crippen LogP contribution in [0.4, 0.5) is 0 Å². The molecule has 1 aromatic heterocycles. The smallest absolute Gasteiger partial charge is 0.0901 e. The Kier molecular flexibility index (Phi) is 4.84. The summed E-state index contributed by atoms with van der Waals surface area (Å²) < 4.78 is 0. The lowest BCUT2D eigenvalue weighted by Gasteiger charge is -2.01. The van der Waals surface area contributed by atoms with E-state index in [1.807, 2.05) is 6.92 Å². The molecule has 1 N–H and O–H groups in total. The fraction of sp³-hybridized carbons (Fsp3) is 0.545. The van der Waals surface area contributed by atoms with Crippen molar-refractivity contribution in [2.24, 2.45) is 0 Å². The van der Waals surface area contributed by atoms with Gasteiger partial charge in [-0.25, -0.2) is 4.98 Å². The summed E-state index contributed by atoms with van der Waals surface area (Å²) >= 11 is 1.70. The highest BCUT2D eigenvalue weighted by Gasteiger charge is 1.95. The monoisotopic (exact) mass is 210 g/mol. The predicted molar refractivity (Wildman–Crippen MR) is 63.7 cm³/mol. The predicted octanol–water partition coefficient (Wildman–Crippen LogP) is 2.85. The molecule has 1 aromatic rings. The average Bonchev–Trinajstić information content (AvgIpc) is 2.52. The summed E-state index contributed by atoms with van der Waals surface area (Å²) in [5, 5.41) is 6.60. The third kappa shape index (κ3) is 4.03. The number of rotatable bonds is 5. The van der Waals surface area contributed by atoms with Crippen LogP contribution in [0.1, 0.15) is 31.0 Å². The molecule has 0 aliphatic rings. The second kappa shape index (κ2) is 5.94. The highest BCUT2D eigenvalue weighted by Crippen LogP contribution is 2.11. The molecule has 0 saturated heterocycles. The maximum absolute atomic E-state index is 4.39. The highest BCUT2D eigenvalue weighted by atomic mass is 32.1. The summed E-state index contributed by atoms with van der Waals surface area (Å²) in [5.74, 6) is 0. The summed E-state index contributed by atoms with van der Waals surface area (Å²) in [6.45, 7) is 8.39. The van der Waals surface area contributed by atoms with Gasteiger partial charge in [-0.3, -0.25) is 0 Å². The van der Waals surface area contributed by atoms with Gasteiger partial charge in [-0.1, -0.05) is 12.5 Å². The Morgan fingerprint density at radius 2 is 2.43 bits per heavy atom. The molecule has 0 amide bonds. The van der Waals surface area contributed by atoms with Crippen molar-refractivity contribution in [2.45, 2.75) is 27.2 Å². The van der Waals surface area contributed by atoms with E-state index in [2.05, 4.69) is 35.6 Å². The molecule has 0 saturated carbocycles. The number of nitrogens with one attached hydrogen (secondary N) is 1. The van der Waals surface area contributed by atoms with Crippen LogP contribution in [-0.2, 0) is 0 Å². The fourth-order valence-corrected chi connectivity index (χ4v) is 1.78. The lowest BCUT2D eigenvalue weighted by molar-refractivity contribution is 0.715. The Morgan fingerprint density at radius 3 is 3.00 bits per heavy atom. The molecule has 0 atom stereocenters. The standard InChI is InChI=1S/C11H18N2S/c1-4-5-12-7-9(2)6-11-8-14-10(3)13-11/h6,8,12H,4-5,7H2,1-3H3. The van der Waals surface area contributed by atoms with Crippen LogP contribution in [0.25, 0.3) is 6.08 Å². The molecule has 0 radical (unpaired) electrons. The second-order valence-electron chi connectivity index (χ2n) is 3.46. The summed E-state index contributed by atoms with van der Waals surface area (Å²) in [6, 6.07) is 0. The number of thiazole rings is 1. The van der Waals surface area contributed by atoms with E-state index in [4.69, 9.17) is 0 Å². The van der Waals surface area contributed by atoms with Gasteiger partial charge < -0.3 is 5.32 Å². The molecule has 1 heterocycles. The maximum atomic E-state index is 4.39. The first-order valence-electron chi connectivity index (χ1n) is 5.02. The number of aryl methyl sites for hydroxylation is 1. The number of aromatic nitrogens is 1. The van der Waals surface area contributed by atoms with Crippen LogP contribution in [0.3, 0.4) is 0 Å². The zero-order valence-corrected chi connectivity index (χ0v) is 9.95. The lowest BCUT2D eigenvalue weighted by atomic mass is 10.2. The van der Waals surface area contributed by atoms with Crippen molar-refractivity contribution >= 4 is 17.4 Å². The average molecular weight is 210 g/mol. The van der Waals surface area contributed by atoms with E-state index in [1.165, 1.54) is 12.0 Å². The van der Waals surface area contributed by atoms with Gasteiger partial charge in [0.05, 0.1) is 10.7 Å². The number of nitrogens with zero attached hydrogens (tertiary/aromatic N) is 1. The van der Waals surface area contributed by atoms with Gasteiger partial charge in [-0.05, 0) is 32.9 Å². The molecule has 0 bridgehead atoms. The molecule has 78 valence electrons. The van der Waals surface area contributed by atoms with E-state index in [-0.39, 0.29) is 0 Å². The quantitative estimate of drug-likeness (QED) is 0.756. The third-order valence-corrected chi connectivity index (χ3v) is 2.65. The van der Waals surface area contributed by atoms with E-state index < -0.39 is 0 Å². The van der Waals surface area contributed by atoms with E-state index in [0.29, 0.717) is 0 Å². The van der Waals surface area contributed by atoms with E-state index in [1.54, 1.807) is 11.3 Å². The van der Waals surface area contributed by atoms with Gasteiger partial charge in [0.15, 0.2) is 0 Å². The Hall–Kier alpha value is -0.670. The first-order chi connectivity index (χ1) is 6.72. The van der Waals surface area contributed by atoms with Crippen molar-refractivity contribution in [1.82, 2.24) is 10.3 Å². The molecule has 0 aliphatic heterocycles. The Balaban J connectivity index is 2.43. The van der Waals surface area contributed by atoms with E-state index in [9.17, 15) is 0 Å². The van der Waals surface area contributed by atoms with Crippen molar-refractivity contribution in [3.05, 3.63) is 21.7 Å². The SMILES string of the molecule is CCCNCC(C)=Cc1csc(C)n1. The molecule has 0 aromatic carbocycles. The topological polar surface area (TPSA) is 24.9 Å². The zero-order chi connectivity index (χ0) is 10.4. The van der Waals surface area contributed by atoms with Gasteiger partial charge in [0.2, 0.25) is 0 Å². The number of hydrogen-bond acceptors (Lipinski definition) is 3. The van der Waals surface area contributed by atoms with Crippen molar-refractivity contribution < 1.29 is 0 Å². The lowest BCUT2D eigenvalue weighted by Crippen LogP contribution is -2.16. The van der Waals surface area contributed by atoms with E-state index >= 15 is 0 Å². The summed E-state index contributed by atoms with van der Waals surface area (Å²) in [5.41, 5.74) is 2.42. The normalized spacial score (nSPS) is 12.1. The highest BCUT2D eigenvalue weighted by molar-refractivity contribution is 7.09. The molecule has 0 spiro atoms. The summed E-state index contributed by atoms with van der Waals surface area (Å²) in [6.07, 6.45) is 3.33. The molecule has 0 fully saturated rings. The van der Waals surface area contributed by atoms with Gasteiger partial charge >= 0.3 is 0 Å². The van der Waals surface area contributed by atoms with Crippen LogP contribution in [0.2, 0.25) is 0 Å². The van der Waals surface area contributed by atoms with Crippen LogP contribution in [-0.4, -0.2) is 18.1 Å². The van der Waals surface area contributed by atoms with Crippen molar-refractivity contribution in [1.29, 1.82) is 0 Å². The molecule has 1 rings (SSSR count). The van der Waals surface area contributed by atoms with Gasteiger partial charge in [-0.15, -0.1) is 11.3 Å². The van der Waals surface area contributed by atoms with Crippen LogP contribution >= 0.6 is 11.3 Å². The van der Waals surface area contributed by atoms with Gasteiger partial charge in [0, 0.05) is 11.9 Å². The minimum absolute atomic E-state index is 0.963. The minimum atomic E-state index is 0.963. The zero-order valence-electron chi connectivity index (χ0n) is 9.13. The molecular weight excluding hydrogens is 192 g/mol. The van der Waals surface area contributed by atoms with Gasteiger partial charge in [-0.2, -0.15) is 0 Å². The molecule has 0 unspecified atom stereocenters. The molecule has 3 heteroatoms. The van der Waals surface area contributed by atoms with Crippen molar-refractivity contribution in [3.8, 4) is 0 Å². The first-order valence-corrected chi connectivity index (χ1v) is 5.90.